The molecule has 0 spiro atoms. The summed E-state index contributed by atoms with van der Waals surface area (Å²) in [7, 11) is 2.25. The quantitative estimate of drug-likeness (QED) is 0.777. The first-order valence-corrected chi connectivity index (χ1v) is 5.71. The summed E-state index contributed by atoms with van der Waals surface area (Å²) in [6.07, 6.45) is -3.58. The second-order valence-electron chi connectivity index (χ2n) is 4.37. The van der Waals surface area contributed by atoms with Crippen LogP contribution in [0.4, 0.5) is 13.2 Å². The van der Waals surface area contributed by atoms with Gasteiger partial charge < -0.3 is 9.67 Å². The van der Waals surface area contributed by atoms with Gasteiger partial charge in [0, 0.05) is 20.3 Å². The molecule has 112 valence electrons. The number of H-pyrrole nitrogens is 1. The van der Waals surface area contributed by atoms with E-state index in [1.165, 1.54) is 7.05 Å². The van der Waals surface area contributed by atoms with Crippen LogP contribution in [0.5, 0.6) is 0 Å². The first-order valence-electron chi connectivity index (χ1n) is 5.71. The number of aromatic nitrogens is 3. The highest BCUT2D eigenvalue weighted by atomic mass is 19.4. The van der Waals surface area contributed by atoms with Gasteiger partial charge in [-0.3, -0.25) is 19.1 Å². The van der Waals surface area contributed by atoms with E-state index >= 15 is 0 Å². The van der Waals surface area contributed by atoms with E-state index in [0.29, 0.717) is 10.6 Å². The molecule has 6 nitrogen and oxygen atoms in total. The van der Waals surface area contributed by atoms with Crippen molar-refractivity contribution in [3.63, 3.8) is 0 Å². The maximum Gasteiger partial charge on any atom is 0.431 e. The van der Waals surface area contributed by atoms with E-state index in [4.69, 9.17) is 0 Å². The normalized spacial score (nSPS) is 11.7. The van der Waals surface area contributed by atoms with Crippen molar-refractivity contribution in [3.05, 3.63) is 55.0 Å². The zero-order chi connectivity index (χ0) is 15.9. The van der Waals surface area contributed by atoms with Crippen LogP contribution in [0.15, 0.2) is 32.7 Å². The minimum Gasteiger partial charge on any atom is -0.307 e. The van der Waals surface area contributed by atoms with Crippen molar-refractivity contribution in [2.75, 3.05) is 0 Å². The number of nitrogens with one attached hydrogen (secondary N) is 1. The molecule has 0 atom stereocenters. The molecular weight excluding hydrogens is 291 g/mol. The topological polar surface area (TPSA) is 76.9 Å². The molecule has 0 radical (unpaired) electrons. The molecule has 1 N–H and O–H groups in total. The van der Waals surface area contributed by atoms with Crippen LogP contribution in [-0.4, -0.2) is 14.3 Å². The monoisotopic (exact) mass is 301 g/mol. The van der Waals surface area contributed by atoms with Crippen LogP contribution in [0.25, 0.3) is 11.1 Å². The van der Waals surface area contributed by atoms with E-state index in [1.54, 1.807) is 0 Å². The lowest BCUT2D eigenvalue weighted by molar-refractivity contribution is -0.143. The first-order chi connectivity index (χ1) is 9.64. The molecule has 2 heterocycles. The molecule has 0 aliphatic carbocycles. The third kappa shape index (κ3) is 2.41. The molecule has 21 heavy (non-hydrogen) atoms. The Hall–Kier alpha value is -2.58. The van der Waals surface area contributed by atoms with E-state index in [1.807, 2.05) is 0 Å². The molecule has 0 aromatic carbocycles. The summed E-state index contributed by atoms with van der Waals surface area (Å²) < 4.78 is 39.3. The predicted octanol–water partition coefficient (Wildman–Crippen LogP) is 0.458. The standard InChI is InChI=1S/C12H10F3N3O3/c1-17-8(12(13,14)15)4-3-6(10(17)20)7-5-16-18(2)11(21)9(7)19/h3-5,16H,1-2H3. The molecule has 0 bridgehead atoms. The Morgan fingerprint density at radius 2 is 1.62 bits per heavy atom. The van der Waals surface area contributed by atoms with Gasteiger partial charge in [0.1, 0.15) is 5.69 Å². The molecule has 0 fully saturated rings. The van der Waals surface area contributed by atoms with Crippen molar-refractivity contribution in [2.45, 2.75) is 6.18 Å². The Balaban J connectivity index is 2.77. The van der Waals surface area contributed by atoms with Crippen LogP contribution >= 0.6 is 0 Å². The number of aromatic amines is 1. The molecule has 2 aromatic rings. The molecule has 0 saturated carbocycles. The highest BCUT2D eigenvalue weighted by Gasteiger charge is 2.34. The second kappa shape index (κ2) is 4.76. The Kier molecular flexibility index (Phi) is 3.36. The van der Waals surface area contributed by atoms with Gasteiger partial charge >= 0.3 is 11.7 Å². The SMILES string of the molecule is Cn1[nH]cc(-c2ccc(C(F)(F)F)n(C)c2=O)c(=O)c1=O. The van der Waals surface area contributed by atoms with E-state index in [-0.39, 0.29) is 11.1 Å². The largest absolute Gasteiger partial charge is 0.431 e. The summed E-state index contributed by atoms with van der Waals surface area (Å²) in [6.45, 7) is 0. The number of aryl methyl sites for hydroxylation is 1. The van der Waals surface area contributed by atoms with Gasteiger partial charge in [-0.25, -0.2) is 0 Å². The molecule has 0 aliphatic heterocycles. The number of alkyl halides is 3. The fourth-order valence-corrected chi connectivity index (χ4v) is 1.88. The van der Waals surface area contributed by atoms with Crippen LogP contribution in [-0.2, 0) is 20.3 Å². The smallest absolute Gasteiger partial charge is 0.307 e. The Morgan fingerprint density at radius 3 is 2.19 bits per heavy atom. The molecule has 0 unspecified atom stereocenters. The van der Waals surface area contributed by atoms with Gasteiger partial charge in [0.25, 0.3) is 11.0 Å². The zero-order valence-corrected chi connectivity index (χ0v) is 11.0. The van der Waals surface area contributed by atoms with Crippen LogP contribution < -0.4 is 16.5 Å². The fourth-order valence-electron chi connectivity index (χ4n) is 1.88. The van der Waals surface area contributed by atoms with Gasteiger partial charge in [-0.2, -0.15) is 13.2 Å². The summed E-state index contributed by atoms with van der Waals surface area (Å²) in [4.78, 5) is 35.3. The van der Waals surface area contributed by atoms with Crippen molar-refractivity contribution >= 4 is 0 Å². The third-order valence-corrected chi connectivity index (χ3v) is 3.03. The number of hydrogen-bond acceptors (Lipinski definition) is 3. The Morgan fingerprint density at radius 1 is 1.00 bits per heavy atom. The van der Waals surface area contributed by atoms with E-state index in [9.17, 15) is 27.6 Å². The number of halogens is 3. The number of nitrogens with zero attached hydrogens (tertiary/aromatic N) is 2. The van der Waals surface area contributed by atoms with Crippen molar-refractivity contribution in [1.29, 1.82) is 0 Å². The number of hydrogen-bond donors (Lipinski definition) is 1. The highest BCUT2D eigenvalue weighted by molar-refractivity contribution is 5.60. The van der Waals surface area contributed by atoms with Crippen LogP contribution in [0.1, 0.15) is 5.69 Å². The molecule has 0 amide bonds. The molecule has 2 rings (SSSR count). The molecular formula is C12H10F3N3O3. The Labute approximate surface area is 115 Å². The molecule has 0 saturated heterocycles. The summed E-state index contributed by atoms with van der Waals surface area (Å²) >= 11 is 0. The van der Waals surface area contributed by atoms with Crippen molar-refractivity contribution in [3.8, 4) is 11.1 Å². The maximum absolute atomic E-state index is 12.7. The molecule has 0 aliphatic rings. The molecule has 9 heteroatoms. The second-order valence-corrected chi connectivity index (χ2v) is 4.37. The summed E-state index contributed by atoms with van der Waals surface area (Å²) in [5, 5.41) is 2.43. The molecule has 2 aromatic heterocycles. The number of rotatable bonds is 1. The van der Waals surface area contributed by atoms with Crippen molar-refractivity contribution < 1.29 is 13.2 Å². The van der Waals surface area contributed by atoms with E-state index in [0.717, 1.165) is 24.0 Å². The van der Waals surface area contributed by atoms with Gasteiger partial charge in [-0.1, -0.05) is 0 Å². The van der Waals surface area contributed by atoms with E-state index in [2.05, 4.69) is 5.10 Å². The summed E-state index contributed by atoms with van der Waals surface area (Å²) in [6, 6.07) is 1.57. The average Bonchev–Trinajstić information content (AvgIpc) is 2.39. The van der Waals surface area contributed by atoms with Crippen LogP contribution in [0.3, 0.4) is 0 Å². The first kappa shape index (κ1) is 14.8. The minimum atomic E-state index is -4.69. The maximum atomic E-state index is 12.7. The Bertz CT molecular complexity index is 874. The lowest BCUT2D eigenvalue weighted by atomic mass is 10.1. The summed E-state index contributed by atoms with van der Waals surface area (Å²) in [5.41, 5.74) is -4.57. The van der Waals surface area contributed by atoms with Gasteiger partial charge in [0.2, 0.25) is 0 Å². The minimum absolute atomic E-state index is 0.271. The summed E-state index contributed by atoms with van der Waals surface area (Å²) in [5.74, 6) is 0. The van der Waals surface area contributed by atoms with Gasteiger partial charge in [-0.05, 0) is 12.1 Å². The van der Waals surface area contributed by atoms with Crippen molar-refractivity contribution in [1.82, 2.24) is 14.3 Å². The van der Waals surface area contributed by atoms with Crippen LogP contribution in [0, 0.1) is 0 Å². The average molecular weight is 301 g/mol. The predicted molar refractivity (Wildman–Crippen MR) is 68.0 cm³/mol. The fraction of sp³-hybridized carbons (Fsp3) is 0.250. The van der Waals surface area contributed by atoms with Gasteiger partial charge in [0.05, 0.1) is 11.1 Å². The van der Waals surface area contributed by atoms with Crippen molar-refractivity contribution in [2.24, 2.45) is 14.1 Å². The van der Waals surface area contributed by atoms with Crippen LogP contribution in [0.2, 0.25) is 0 Å². The lowest BCUT2D eigenvalue weighted by Crippen LogP contribution is -2.36. The van der Waals surface area contributed by atoms with E-state index < -0.39 is 28.4 Å². The van der Waals surface area contributed by atoms with Gasteiger partial charge in [0.15, 0.2) is 0 Å². The third-order valence-electron chi connectivity index (χ3n) is 3.03. The highest BCUT2D eigenvalue weighted by Crippen LogP contribution is 2.28. The van der Waals surface area contributed by atoms with Gasteiger partial charge in [-0.15, -0.1) is 0 Å². The number of pyridine rings is 1. The zero-order valence-electron chi connectivity index (χ0n) is 11.0. The lowest BCUT2D eigenvalue weighted by Gasteiger charge is -2.12.